The molecule has 0 aliphatic carbocycles. The van der Waals surface area contributed by atoms with E-state index in [-0.39, 0.29) is 0 Å². The van der Waals surface area contributed by atoms with E-state index in [1.807, 2.05) is 29.6 Å². The number of thiophene rings is 1. The molecule has 0 fully saturated rings. The van der Waals surface area contributed by atoms with Crippen LogP contribution >= 0.6 is 23.1 Å². The van der Waals surface area contributed by atoms with Gasteiger partial charge in [0.15, 0.2) is 5.17 Å². The first-order chi connectivity index (χ1) is 14.8. The van der Waals surface area contributed by atoms with Gasteiger partial charge in [-0.3, -0.25) is 9.56 Å². The van der Waals surface area contributed by atoms with Crippen molar-refractivity contribution in [3.05, 3.63) is 96.5 Å². The summed E-state index contributed by atoms with van der Waals surface area (Å²) in [5, 5.41) is 6.20. The summed E-state index contributed by atoms with van der Waals surface area (Å²) in [6.45, 7) is 4.86. The van der Waals surface area contributed by atoms with E-state index in [4.69, 9.17) is 4.99 Å². The Bertz CT molecular complexity index is 1560. The van der Waals surface area contributed by atoms with E-state index in [1.54, 1.807) is 11.8 Å². The van der Waals surface area contributed by atoms with Gasteiger partial charge < -0.3 is 0 Å². The highest BCUT2D eigenvalue weighted by molar-refractivity contribution is 8.17. The number of thioether (sulfide) groups is 1. The van der Waals surface area contributed by atoms with Crippen molar-refractivity contribution in [2.24, 2.45) is 4.99 Å². The van der Waals surface area contributed by atoms with Crippen LogP contribution in [0, 0.1) is 0 Å². The molecule has 2 nitrogen and oxygen atoms in total. The van der Waals surface area contributed by atoms with E-state index in [2.05, 4.69) is 77.9 Å². The molecule has 0 radical (unpaired) electrons. The minimum Gasteiger partial charge on any atom is -0.288 e. The third-order valence-electron chi connectivity index (χ3n) is 5.45. The number of aliphatic imine (C=N–C) groups is 1. The lowest BCUT2D eigenvalue weighted by Gasteiger charge is -2.11. The first-order valence-corrected chi connectivity index (χ1v) is 11.5. The van der Waals surface area contributed by atoms with Crippen molar-refractivity contribution in [1.82, 2.24) is 4.57 Å². The smallest absolute Gasteiger partial charge is 0.173 e. The summed E-state index contributed by atoms with van der Waals surface area (Å²) in [7, 11) is 0. The largest absolute Gasteiger partial charge is 0.288 e. The lowest BCUT2D eigenvalue weighted by molar-refractivity contribution is 1.19. The maximum atomic E-state index is 4.92. The molecular weight excluding hydrogens is 404 g/mol. The molecule has 4 heteroatoms. The zero-order chi connectivity index (χ0) is 20.1. The van der Waals surface area contributed by atoms with Crippen LogP contribution in [0.1, 0.15) is 0 Å². The number of benzene rings is 3. The molecule has 6 rings (SSSR count). The summed E-state index contributed by atoms with van der Waals surface area (Å²) < 4.78 is 4.96. The fourth-order valence-electron chi connectivity index (χ4n) is 4.21. The van der Waals surface area contributed by atoms with E-state index in [0.29, 0.717) is 6.54 Å². The molecule has 0 amide bonds. The first kappa shape index (κ1) is 17.8. The van der Waals surface area contributed by atoms with Gasteiger partial charge in [-0.15, -0.1) is 11.3 Å². The van der Waals surface area contributed by atoms with Gasteiger partial charge in [-0.05, 0) is 30.3 Å². The van der Waals surface area contributed by atoms with Crippen molar-refractivity contribution in [2.45, 2.75) is 0 Å². The number of hydrogen-bond acceptors (Lipinski definition) is 3. The van der Waals surface area contributed by atoms with Crippen LogP contribution in [0.3, 0.4) is 0 Å². The van der Waals surface area contributed by atoms with Gasteiger partial charge in [0.05, 0.1) is 17.6 Å². The molecule has 3 aromatic carbocycles. The predicted octanol–water partition coefficient (Wildman–Crippen LogP) is 7.74. The summed E-state index contributed by atoms with van der Waals surface area (Å²) in [6, 6.07) is 21.9. The molecule has 0 unspecified atom stereocenters. The summed E-state index contributed by atoms with van der Waals surface area (Å²) in [6.07, 6.45) is 8.18. The third-order valence-corrected chi connectivity index (χ3v) is 7.48. The summed E-state index contributed by atoms with van der Waals surface area (Å²) >= 11 is 3.49. The van der Waals surface area contributed by atoms with Gasteiger partial charge in [0.1, 0.15) is 0 Å². The molecule has 1 aliphatic heterocycles. The number of allylic oxidation sites excluding steroid dienone is 3. The average molecular weight is 423 g/mol. The molecule has 0 bridgehead atoms. The Morgan fingerprint density at radius 1 is 0.800 bits per heavy atom. The highest BCUT2D eigenvalue weighted by Gasteiger charge is 2.19. The minimum absolute atomic E-state index is 0.650. The zero-order valence-corrected chi connectivity index (χ0v) is 17.8. The van der Waals surface area contributed by atoms with Crippen molar-refractivity contribution in [2.75, 3.05) is 6.54 Å². The van der Waals surface area contributed by atoms with E-state index in [9.17, 15) is 0 Å². The van der Waals surface area contributed by atoms with Gasteiger partial charge in [-0.2, -0.15) is 0 Å². The Morgan fingerprint density at radius 2 is 1.63 bits per heavy atom. The Kier molecular flexibility index (Phi) is 4.15. The van der Waals surface area contributed by atoms with Gasteiger partial charge in [0.25, 0.3) is 0 Å². The summed E-state index contributed by atoms with van der Waals surface area (Å²) in [5.41, 5.74) is 2.38. The molecule has 0 saturated heterocycles. The SMILES string of the molecule is C=C1/C=C\C=C/CN=C(n2c3ccccc3c3c4c(ccc32)sc2ccccc24)S1. The average Bonchev–Trinajstić information content (AvgIpc) is 3.32. The van der Waals surface area contributed by atoms with Crippen molar-refractivity contribution in [3.8, 4) is 0 Å². The fraction of sp³-hybridized carbons (Fsp3) is 0.0385. The van der Waals surface area contributed by atoms with E-state index < -0.39 is 0 Å². The number of nitrogens with zero attached hydrogens (tertiary/aromatic N) is 2. The van der Waals surface area contributed by atoms with Crippen LogP contribution in [0.2, 0.25) is 0 Å². The lowest BCUT2D eigenvalue weighted by atomic mass is 10.1. The van der Waals surface area contributed by atoms with Gasteiger partial charge in [0, 0.05) is 35.8 Å². The van der Waals surface area contributed by atoms with Crippen molar-refractivity contribution >= 4 is 70.2 Å². The number of aromatic nitrogens is 1. The van der Waals surface area contributed by atoms with Crippen LogP contribution < -0.4 is 0 Å². The summed E-state index contributed by atoms with van der Waals surface area (Å²) in [5.74, 6) is 0. The first-order valence-electron chi connectivity index (χ1n) is 9.89. The van der Waals surface area contributed by atoms with Crippen molar-refractivity contribution in [1.29, 1.82) is 0 Å². The highest BCUT2D eigenvalue weighted by atomic mass is 32.2. The van der Waals surface area contributed by atoms with Gasteiger partial charge in [-0.1, -0.05) is 73.0 Å². The number of hydrogen-bond donors (Lipinski definition) is 0. The second kappa shape index (κ2) is 7.01. The maximum Gasteiger partial charge on any atom is 0.173 e. The standard InChI is InChI=1S/C26H18N2S2/c1-17-9-3-2-8-16-27-26(29-17)28-20-12-6-4-10-18(20)24-21(28)14-15-23-25(24)19-11-5-7-13-22(19)30-23/h2-15H,1,16H2/b8-2-,9-3-,27-26?. The van der Waals surface area contributed by atoms with Gasteiger partial charge >= 0.3 is 0 Å². The molecule has 3 heterocycles. The minimum atomic E-state index is 0.650. The van der Waals surface area contributed by atoms with Crippen molar-refractivity contribution < 1.29 is 0 Å². The van der Waals surface area contributed by atoms with Crippen LogP contribution in [-0.4, -0.2) is 16.3 Å². The second-order valence-corrected chi connectivity index (χ2v) is 9.44. The van der Waals surface area contributed by atoms with E-state index in [1.165, 1.54) is 42.0 Å². The van der Waals surface area contributed by atoms with E-state index >= 15 is 0 Å². The summed E-state index contributed by atoms with van der Waals surface area (Å²) in [4.78, 5) is 5.90. The topological polar surface area (TPSA) is 17.3 Å². The van der Waals surface area contributed by atoms with Gasteiger partial charge in [-0.25, -0.2) is 0 Å². The van der Waals surface area contributed by atoms with Gasteiger partial charge in [0.2, 0.25) is 0 Å². The Balaban J connectivity index is 1.76. The Morgan fingerprint density at radius 3 is 2.57 bits per heavy atom. The quantitative estimate of drug-likeness (QED) is 0.249. The predicted molar refractivity (Wildman–Crippen MR) is 135 cm³/mol. The normalized spacial score (nSPS) is 17.2. The molecule has 2 aromatic heterocycles. The molecule has 144 valence electrons. The molecule has 0 saturated carbocycles. The zero-order valence-electron chi connectivity index (χ0n) is 16.2. The number of para-hydroxylation sites is 1. The maximum absolute atomic E-state index is 4.92. The molecule has 0 spiro atoms. The number of fused-ring (bicyclic) bond motifs is 7. The molecule has 30 heavy (non-hydrogen) atoms. The van der Waals surface area contributed by atoms with E-state index in [0.717, 1.165) is 10.1 Å². The van der Waals surface area contributed by atoms with Crippen LogP contribution in [0.4, 0.5) is 0 Å². The molecule has 0 N–H and O–H groups in total. The monoisotopic (exact) mass is 422 g/mol. The fourth-order valence-corrected chi connectivity index (χ4v) is 6.14. The van der Waals surface area contributed by atoms with Crippen molar-refractivity contribution in [3.63, 3.8) is 0 Å². The van der Waals surface area contributed by atoms with Crippen LogP contribution in [0.25, 0.3) is 42.0 Å². The highest BCUT2D eigenvalue weighted by Crippen LogP contribution is 2.43. The van der Waals surface area contributed by atoms with Crippen LogP contribution in [0.5, 0.6) is 0 Å². The molecule has 5 aromatic rings. The Labute approximate surface area is 182 Å². The van der Waals surface area contributed by atoms with Crippen LogP contribution in [0.15, 0.2) is 101 Å². The third kappa shape index (κ3) is 2.68. The molecular formula is C26H18N2S2. The Hall–Kier alpha value is -3.08. The molecule has 1 aliphatic rings. The van der Waals surface area contributed by atoms with Crippen LogP contribution in [-0.2, 0) is 0 Å². The molecule has 0 atom stereocenters. The number of rotatable bonds is 0. The lowest BCUT2D eigenvalue weighted by Crippen LogP contribution is -2.08. The second-order valence-electron chi connectivity index (χ2n) is 7.26.